The van der Waals surface area contributed by atoms with Crippen molar-refractivity contribution in [2.75, 3.05) is 7.11 Å². The molecule has 0 aliphatic heterocycles. The van der Waals surface area contributed by atoms with E-state index in [4.69, 9.17) is 21.6 Å². The van der Waals surface area contributed by atoms with Crippen molar-refractivity contribution in [2.45, 2.75) is 12.8 Å². The predicted octanol–water partition coefficient (Wildman–Crippen LogP) is 4.60. The molecule has 130 valence electrons. The van der Waals surface area contributed by atoms with Crippen molar-refractivity contribution in [3.8, 4) is 11.8 Å². The van der Waals surface area contributed by atoms with Crippen molar-refractivity contribution in [3.05, 3.63) is 63.7 Å². The molecule has 8 heteroatoms. The number of ether oxygens (including phenoxy) is 2. The third-order valence-corrected chi connectivity index (χ3v) is 3.49. The summed E-state index contributed by atoms with van der Waals surface area (Å²) in [6, 6.07) is 8.95. The fourth-order valence-corrected chi connectivity index (χ4v) is 2.27. The highest BCUT2D eigenvalue weighted by atomic mass is 35.5. The molecule has 2 rings (SSSR count). The number of methoxy groups -OCH3 is 1. The second-order valence-corrected chi connectivity index (χ2v) is 5.36. The molecule has 4 nitrogen and oxygen atoms in total. The average molecular weight is 370 g/mol. The Morgan fingerprint density at radius 3 is 2.52 bits per heavy atom. The molecule has 2 aromatic rings. The van der Waals surface area contributed by atoms with Crippen LogP contribution in [0.4, 0.5) is 13.2 Å². The summed E-state index contributed by atoms with van der Waals surface area (Å²) in [5.41, 5.74) is -0.0293. The molecule has 0 aromatic heterocycles. The number of alkyl halides is 3. The smallest absolute Gasteiger partial charge is 0.416 e. The summed E-state index contributed by atoms with van der Waals surface area (Å²) in [6.45, 7) is -0.0927. The third-order valence-electron chi connectivity index (χ3n) is 3.20. The van der Waals surface area contributed by atoms with E-state index < -0.39 is 17.7 Å². The van der Waals surface area contributed by atoms with E-state index in [1.54, 1.807) is 0 Å². The molecule has 0 bridgehead atoms. The van der Waals surface area contributed by atoms with Gasteiger partial charge in [-0.05, 0) is 42.0 Å². The topological polar surface area (TPSA) is 59.3 Å². The number of nitriles is 1. The number of carbonyl (C=O) groups excluding carboxylic acids is 1. The van der Waals surface area contributed by atoms with Crippen LogP contribution < -0.4 is 4.74 Å². The van der Waals surface area contributed by atoms with E-state index in [-0.39, 0.29) is 28.5 Å². The summed E-state index contributed by atoms with van der Waals surface area (Å²) >= 11 is 5.81. The Hall–Kier alpha value is -2.72. The largest absolute Gasteiger partial charge is 0.487 e. The summed E-state index contributed by atoms with van der Waals surface area (Å²) in [6.07, 6.45) is -4.50. The maximum absolute atomic E-state index is 12.6. The van der Waals surface area contributed by atoms with Gasteiger partial charge >= 0.3 is 12.1 Å². The highest BCUT2D eigenvalue weighted by Gasteiger charge is 2.31. The van der Waals surface area contributed by atoms with Gasteiger partial charge < -0.3 is 9.47 Å². The molecule has 0 amide bonds. The molecule has 25 heavy (non-hydrogen) atoms. The first kappa shape index (κ1) is 18.6. The maximum Gasteiger partial charge on any atom is 0.416 e. The van der Waals surface area contributed by atoms with Crippen LogP contribution in [0.1, 0.15) is 27.0 Å². The molecule has 0 aliphatic carbocycles. The van der Waals surface area contributed by atoms with E-state index in [0.717, 1.165) is 18.2 Å². The minimum atomic E-state index is -4.50. The van der Waals surface area contributed by atoms with Gasteiger partial charge in [-0.1, -0.05) is 11.6 Å². The van der Waals surface area contributed by atoms with Gasteiger partial charge in [0.1, 0.15) is 12.4 Å². The monoisotopic (exact) mass is 369 g/mol. The molecule has 0 atom stereocenters. The second kappa shape index (κ2) is 7.45. The van der Waals surface area contributed by atoms with Crippen molar-refractivity contribution in [1.29, 1.82) is 5.26 Å². The molecule has 0 saturated heterocycles. The Bertz CT molecular complexity index is 844. The van der Waals surface area contributed by atoms with Crippen molar-refractivity contribution < 1.29 is 27.4 Å². The van der Waals surface area contributed by atoms with Gasteiger partial charge in [-0.15, -0.1) is 0 Å². The zero-order valence-electron chi connectivity index (χ0n) is 12.9. The summed E-state index contributed by atoms with van der Waals surface area (Å²) in [5, 5.41) is 8.81. The van der Waals surface area contributed by atoms with Gasteiger partial charge in [-0.3, -0.25) is 0 Å². The Morgan fingerprint density at radius 2 is 1.96 bits per heavy atom. The van der Waals surface area contributed by atoms with Crippen LogP contribution in [0, 0.1) is 11.3 Å². The molecule has 0 saturated carbocycles. The lowest BCUT2D eigenvalue weighted by molar-refractivity contribution is -0.137. The van der Waals surface area contributed by atoms with Crippen molar-refractivity contribution in [2.24, 2.45) is 0 Å². The van der Waals surface area contributed by atoms with E-state index in [2.05, 4.69) is 4.74 Å². The van der Waals surface area contributed by atoms with E-state index in [9.17, 15) is 18.0 Å². The van der Waals surface area contributed by atoms with Gasteiger partial charge in [0.2, 0.25) is 0 Å². The quantitative estimate of drug-likeness (QED) is 0.739. The number of carbonyl (C=O) groups is 1. The van der Waals surface area contributed by atoms with Gasteiger partial charge in [0, 0.05) is 0 Å². The molecule has 0 spiro atoms. The summed E-state index contributed by atoms with van der Waals surface area (Å²) in [4.78, 5) is 11.6. The third kappa shape index (κ3) is 4.64. The Kier molecular flexibility index (Phi) is 5.55. The average Bonchev–Trinajstić information content (AvgIpc) is 2.58. The zero-order chi connectivity index (χ0) is 18.6. The number of benzene rings is 2. The first-order valence-corrected chi connectivity index (χ1v) is 7.24. The van der Waals surface area contributed by atoms with Crippen LogP contribution in [0.25, 0.3) is 0 Å². The number of rotatable bonds is 4. The number of nitrogens with zero attached hydrogens (tertiary/aromatic N) is 1. The van der Waals surface area contributed by atoms with E-state index in [0.29, 0.717) is 5.56 Å². The van der Waals surface area contributed by atoms with Gasteiger partial charge in [0.05, 0.1) is 34.9 Å². The molecule has 2 aromatic carbocycles. The van der Waals surface area contributed by atoms with Crippen molar-refractivity contribution in [3.63, 3.8) is 0 Å². The summed E-state index contributed by atoms with van der Waals surface area (Å²) in [5.74, 6) is -0.567. The molecule has 0 fully saturated rings. The number of esters is 1. The fourth-order valence-electron chi connectivity index (χ4n) is 2.03. The maximum atomic E-state index is 12.6. The van der Waals surface area contributed by atoms with E-state index >= 15 is 0 Å². The molecule has 0 N–H and O–H groups in total. The fraction of sp³-hybridized carbons (Fsp3) is 0.176. The number of hydrogen-bond donors (Lipinski definition) is 0. The van der Waals surface area contributed by atoms with Crippen LogP contribution in [-0.4, -0.2) is 13.1 Å². The molecule has 0 unspecified atom stereocenters. The first-order valence-electron chi connectivity index (χ1n) is 6.86. The van der Waals surface area contributed by atoms with Crippen LogP contribution in [0.15, 0.2) is 36.4 Å². The lowest BCUT2D eigenvalue weighted by atomic mass is 10.1. The predicted molar refractivity (Wildman–Crippen MR) is 83.3 cm³/mol. The first-order chi connectivity index (χ1) is 11.7. The Labute approximate surface area is 146 Å². The lowest BCUT2D eigenvalue weighted by Gasteiger charge is -2.12. The molecular weight excluding hydrogens is 359 g/mol. The highest BCUT2D eigenvalue weighted by Crippen LogP contribution is 2.35. The minimum Gasteiger partial charge on any atom is -0.487 e. The highest BCUT2D eigenvalue weighted by molar-refractivity contribution is 6.32. The summed E-state index contributed by atoms with van der Waals surface area (Å²) < 4.78 is 47.8. The number of hydrogen-bond acceptors (Lipinski definition) is 4. The molecular formula is C17H11ClF3NO3. The van der Waals surface area contributed by atoms with Gasteiger partial charge in [0.15, 0.2) is 0 Å². The van der Waals surface area contributed by atoms with Crippen LogP contribution in [0.2, 0.25) is 5.02 Å². The van der Waals surface area contributed by atoms with Crippen LogP contribution in [0.3, 0.4) is 0 Å². The number of halogens is 4. The van der Waals surface area contributed by atoms with E-state index in [1.165, 1.54) is 25.3 Å². The standard InChI is InChI=1S/C17H11ClF3NO3/c1-24-16(23)12-5-10(8-22)4-11(6-12)9-25-15-3-2-13(7-14(15)18)17(19,20)21/h2-7H,9H2,1H3. The van der Waals surface area contributed by atoms with Crippen molar-refractivity contribution in [1.82, 2.24) is 0 Å². The SMILES string of the molecule is COC(=O)c1cc(C#N)cc(COc2ccc(C(F)(F)F)cc2Cl)c1. The summed E-state index contributed by atoms with van der Waals surface area (Å²) in [7, 11) is 1.21. The normalized spacial score (nSPS) is 10.9. The van der Waals surface area contributed by atoms with Crippen LogP contribution >= 0.6 is 11.6 Å². The molecule has 0 aliphatic rings. The Balaban J connectivity index is 2.21. The minimum absolute atomic E-state index is 0.0524. The van der Waals surface area contributed by atoms with Gasteiger partial charge in [-0.2, -0.15) is 18.4 Å². The van der Waals surface area contributed by atoms with Gasteiger partial charge in [-0.25, -0.2) is 4.79 Å². The van der Waals surface area contributed by atoms with Crippen LogP contribution in [-0.2, 0) is 17.5 Å². The van der Waals surface area contributed by atoms with Crippen molar-refractivity contribution >= 4 is 17.6 Å². The molecule has 0 radical (unpaired) electrons. The van der Waals surface area contributed by atoms with Crippen LogP contribution in [0.5, 0.6) is 5.75 Å². The zero-order valence-corrected chi connectivity index (χ0v) is 13.6. The van der Waals surface area contributed by atoms with E-state index in [1.807, 2.05) is 6.07 Å². The lowest BCUT2D eigenvalue weighted by Crippen LogP contribution is -2.06. The Morgan fingerprint density at radius 1 is 1.24 bits per heavy atom. The second-order valence-electron chi connectivity index (χ2n) is 4.95. The van der Waals surface area contributed by atoms with Gasteiger partial charge in [0.25, 0.3) is 0 Å². The molecule has 0 heterocycles.